The number of hydrogen-bond acceptors (Lipinski definition) is 4. The van der Waals surface area contributed by atoms with Gasteiger partial charge in [0, 0.05) is 44.7 Å². The predicted molar refractivity (Wildman–Crippen MR) is 93.6 cm³/mol. The maximum atomic E-state index is 5.66. The lowest BCUT2D eigenvalue weighted by molar-refractivity contribution is 0.00123. The highest BCUT2D eigenvalue weighted by molar-refractivity contribution is 5.09. The zero-order valence-electron chi connectivity index (χ0n) is 14.9. The van der Waals surface area contributed by atoms with Gasteiger partial charge in [0.15, 0.2) is 0 Å². The van der Waals surface area contributed by atoms with Gasteiger partial charge in [0.05, 0.1) is 19.8 Å². The van der Waals surface area contributed by atoms with Crippen molar-refractivity contribution >= 4 is 0 Å². The number of ether oxygens (including phenoxy) is 2. The van der Waals surface area contributed by atoms with Gasteiger partial charge < -0.3 is 14.8 Å². The van der Waals surface area contributed by atoms with Crippen LogP contribution in [0.5, 0.6) is 0 Å². The monoisotopic (exact) mass is 322 g/mol. The van der Waals surface area contributed by atoms with Gasteiger partial charge in [-0.15, -0.1) is 0 Å². The van der Waals surface area contributed by atoms with Crippen LogP contribution in [0, 0.1) is 17.8 Å². The van der Waals surface area contributed by atoms with E-state index in [1.54, 1.807) is 5.57 Å². The van der Waals surface area contributed by atoms with E-state index in [-0.39, 0.29) is 0 Å². The molecular formula is C19H34N2O2. The molecule has 2 fully saturated rings. The third-order valence-electron chi connectivity index (χ3n) is 6.10. The first-order valence-corrected chi connectivity index (χ1v) is 9.52. The molecule has 0 aromatic heterocycles. The van der Waals surface area contributed by atoms with Crippen LogP contribution in [0.2, 0.25) is 0 Å². The zero-order chi connectivity index (χ0) is 16.1. The average Bonchev–Trinajstić information content (AvgIpc) is 3.09. The van der Waals surface area contributed by atoms with E-state index in [2.05, 4.69) is 30.1 Å². The van der Waals surface area contributed by atoms with E-state index in [1.165, 1.54) is 19.3 Å². The Kier molecular flexibility index (Phi) is 6.52. The summed E-state index contributed by atoms with van der Waals surface area (Å²) < 4.78 is 11.2. The third kappa shape index (κ3) is 4.56. The van der Waals surface area contributed by atoms with Gasteiger partial charge in [-0.25, -0.2) is 0 Å². The van der Waals surface area contributed by atoms with Crippen LogP contribution in [-0.2, 0) is 9.47 Å². The molecule has 4 nitrogen and oxygen atoms in total. The summed E-state index contributed by atoms with van der Waals surface area (Å²) in [4.78, 5) is 2.63. The number of nitrogens with one attached hydrogen (secondary N) is 1. The summed E-state index contributed by atoms with van der Waals surface area (Å²) in [5.41, 5.74) is 1.59. The van der Waals surface area contributed by atoms with Crippen molar-refractivity contribution in [2.45, 2.75) is 39.2 Å². The molecule has 23 heavy (non-hydrogen) atoms. The van der Waals surface area contributed by atoms with Gasteiger partial charge in [0.1, 0.15) is 0 Å². The molecule has 0 spiro atoms. The standard InChI is InChI=1S/C19H34N2O2/c1-15-4-3-5-16(2)18(15)12-20-13-19(17-6-9-23-14-17)21-7-10-22-11-8-21/h4,16-20H,3,5-14H2,1-2H3/t16-,17-,18+,19-/m0/s1. The molecule has 4 atom stereocenters. The predicted octanol–water partition coefficient (Wildman–Crippen LogP) is 2.31. The second-order valence-corrected chi connectivity index (χ2v) is 7.61. The number of morpholine rings is 1. The first kappa shape index (κ1) is 17.4. The van der Waals surface area contributed by atoms with Crippen molar-refractivity contribution in [2.75, 3.05) is 52.6 Å². The number of nitrogens with zero attached hydrogens (tertiary/aromatic N) is 1. The molecule has 1 aliphatic carbocycles. The van der Waals surface area contributed by atoms with Crippen molar-refractivity contribution in [2.24, 2.45) is 17.8 Å². The highest BCUT2D eigenvalue weighted by Gasteiger charge is 2.31. The van der Waals surface area contributed by atoms with E-state index in [9.17, 15) is 0 Å². The summed E-state index contributed by atoms with van der Waals surface area (Å²) in [6.07, 6.45) is 6.26. The number of hydrogen-bond donors (Lipinski definition) is 1. The fourth-order valence-electron chi connectivity index (χ4n) is 4.48. The molecule has 0 saturated carbocycles. The Morgan fingerprint density at radius 2 is 2.04 bits per heavy atom. The summed E-state index contributed by atoms with van der Waals surface area (Å²) in [5, 5.41) is 3.81. The van der Waals surface area contributed by atoms with E-state index in [0.717, 1.165) is 58.5 Å². The Morgan fingerprint density at radius 1 is 1.22 bits per heavy atom. The Hall–Kier alpha value is -0.420. The first-order valence-electron chi connectivity index (χ1n) is 9.52. The minimum absolute atomic E-state index is 0.601. The molecule has 0 bridgehead atoms. The maximum Gasteiger partial charge on any atom is 0.0594 e. The summed E-state index contributed by atoms with van der Waals surface area (Å²) >= 11 is 0. The van der Waals surface area contributed by atoms with Gasteiger partial charge in [0.25, 0.3) is 0 Å². The summed E-state index contributed by atoms with van der Waals surface area (Å²) in [7, 11) is 0. The van der Waals surface area contributed by atoms with Crippen molar-refractivity contribution in [3.63, 3.8) is 0 Å². The summed E-state index contributed by atoms with van der Waals surface area (Å²) in [6.45, 7) is 12.7. The van der Waals surface area contributed by atoms with Crippen LogP contribution in [0.15, 0.2) is 11.6 Å². The Balaban J connectivity index is 1.53. The van der Waals surface area contributed by atoms with E-state index in [4.69, 9.17) is 9.47 Å². The minimum atomic E-state index is 0.601. The quantitative estimate of drug-likeness (QED) is 0.761. The second-order valence-electron chi connectivity index (χ2n) is 7.61. The molecule has 132 valence electrons. The number of allylic oxidation sites excluding steroid dienone is 1. The summed E-state index contributed by atoms with van der Waals surface area (Å²) in [5.74, 6) is 2.21. The number of rotatable bonds is 6. The Bertz CT molecular complexity index is 387. The fraction of sp³-hybridized carbons (Fsp3) is 0.895. The van der Waals surface area contributed by atoms with Crippen molar-refractivity contribution < 1.29 is 9.47 Å². The van der Waals surface area contributed by atoms with Crippen LogP contribution in [0.1, 0.15) is 33.1 Å². The van der Waals surface area contributed by atoms with E-state index < -0.39 is 0 Å². The van der Waals surface area contributed by atoms with Crippen molar-refractivity contribution in [3.8, 4) is 0 Å². The third-order valence-corrected chi connectivity index (χ3v) is 6.10. The molecule has 1 N–H and O–H groups in total. The minimum Gasteiger partial charge on any atom is -0.381 e. The van der Waals surface area contributed by atoms with Gasteiger partial charge in [-0.2, -0.15) is 0 Å². The molecule has 0 unspecified atom stereocenters. The lowest BCUT2D eigenvalue weighted by Gasteiger charge is -2.38. The molecule has 0 amide bonds. The lowest BCUT2D eigenvalue weighted by Crippen LogP contribution is -2.52. The van der Waals surface area contributed by atoms with Crippen molar-refractivity contribution in [1.29, 1.82) is 0 Å². The second kappa shape index (κ2) is 8.61. The zero-order valence-corrected chi connectivity index (χ0v) is 14.9. The molecule has 2 saturated heterocycles. The van der Waals surface area contributed by atoms with Crippen LogP contribution >= 0.6 is 0 Å². The molecular weight excluding hydrogens is 288 g/mol. The molecule has 4 heteroatoms. The van der Waals surface area contributed by atoms with Gasteiger partial charge in [0.2, 0.25) is 0 Å². The molecule has 2 aliphatic heterocycles. The molecule has 0 radical (unpaired) electrons. The first-order chi connectivity index (χ1) is 11.3. The highest BCUT2D eigenvalue weighted by atomic mass is 16.5. The van der Waals surface area contributed by atoms with Crippen LogP contribution in [0.25, 0.3) is 0 Å². The van der Waals surface area contributed by atoms with E-state index >= 15 is 0 Å². The van der Waals surface area contributed by atoms with Crippen LogP contribution < -0.4 is 5.32 Å². The van der Waals surface area contributed by atoms with Gasteiger partial charge in [-0.3, -0.25) is 4.90 Å². The van der Waals surface area contributed by atoms with Crippen LogP contribution in [0.4, 0.5) is 0 Å². The topological polar surface area (TPSA) is 33.7 Å². The Morgan fingerprint density at radius 3 is 2.74 bits per heavy atom. The van der Waals surface area contributed by atoms with Crippen LogP contribution in [0.3, 0.4) is 0 Å². The molecule has 3 rings (SSSR count). The molecule has 3 aliphatic rings. The van der Waals surface area contributed by atoms with Gasteiger partial charge in [-0.1, -0.05) is 18.6 Å². The lowest BCUT2D eigenvalue weighted by atomic mass is 9.80. The van der Waals surface area contributed by atoms with Gasteiger partial charge in [-0.05, 0) is 38.0 Å². The molecule has 0 aromatic rings. The SMILES string of the molecule is CC1=CCC[C@H](C)[C@@H]1CNC[C@@H]([C@H]1CCOC1)N1CCOCC1. The van der Waals surface area contributed by atoms with Gasteiger partial charge >= 0.3 is 0 Å². The fourth-order valence-corrected chi connectivity index (χ4v) is 4.48. The summed E-state index contributed by atoms with van der Waals surface area (Å²) in [6, 6.07) is 0.601. The van der Waals surface area contributed by atoms with Crippen molar-refractivity contribution in [1.82, 2.24) is 10.2 Å². The Labute approximate surface area is 141 Å². The molecule has 2 heterocycles. The largest absolute Gasteiger partial charge is 0.381 e. The van der Waals surface area contributed by atoms with Crippen LogP contribution in [-0.4, -0.2) is 63.5 Å². The van der Waals surface area contributed by atoms with E-state index in [1.807, 2.05) is 0 Å². The normalized spacial score (nSPS) is 34.3. The smallest absolute Gasteiger partial charge is 0.0594 e. The highest BCUT2D eigenvalue weighted by Crippen LogP contribution is 2.29. The average molecular weight is 322 g/mol. The molecule has 0 aromatic carbocycles. The van der Waals surface area contributed by atoms with Crippen molar-refractivity contribution in [3.05, 3.63) is 11.6 Å². The van der Waals surface area contributed by atoms with E-state index in [0.29, 0.717) is 17.9 Å². The maximum absolute atomic E-state index is 5.66.